The van der Waals surface area contributed by atoms with Gasteiger partial charge in [0.05, 0.1) is 5.69 Å². The highest BCUT2D eigenvalue weighted by Gasteiger charge is 2.18. The number of amides is 1. The number of ether oxygens (including phenoxy) is 1. The molecule has 1 unspecified atom stereocenters. The summed E-state index contributed by atoms with van der Waals surface area (Å²) in [4.78, 5) is 18.2. The first-order chi connectivity index (χ1) is 15.0. The second-order valence-electron chi connectivity index (χ2n) is 7.07. The van der Waals surface area contributed by atoms with Gasteiger partial charge in [-0.25, -0.2) is 4.98 Å². The Balaban J connectivity index is 1.40. The zero-order valence-electron chi connectivity index (χ0n) is 17.1. The summed E-state index contributed by atoms with van der Waals surface area (Å²) in [5, 5.41) is 4.08. The van der Waals surface area contributed by atoms with Gasteiger partial charge < -0.3 is 4.74 Å². The summed E-state index contributed by atoms with van der Waals surface area (Å²) in [7, 11) is 0. The van der Waals surface area contributed by atoms with Crippen LogP contribution in [0.4, 0.5) is 5.13 Å². The SMILES string of the molecule is Cc1sc(NC(=O)C(C)Oc2ccc(-c3ccccc3)cc2)nc1-c1ccc(Cl)cc1. The van der Waals surface area contributed by atoms with Crippen molar-refractivity contribution in [3.8, 4) is 28.1 Å². The summed E-state index contributed by atoms with van der Waals surface area (Å²) in [6, 6.07) is 25.3. The van der Waals surface area contributed by atoms with Crippen molar-refractivity contribution in [2.45, 2.75) is 20.0 Å². The van der Waals surface area contributed by atoms with Gasteiger partial charge in [-0.2, -0.15) is 0 Å². The van der Waals surface area contributed by atoms with E-state index < -0.39 is 6.10 Å². The fourth-order valence-corrected chi connectivity index (χ4v) is 4.11. The molecule has 0 saturated heterocycles. The van der Waals surface area contributed by atoms with Gasteiger partial charge >= 0.3 is 0 Å². The topological polar surface area (TPSA) is 51.2 Å². The Hall–Kier alpha value is -3.15. The van der Waals surface area contributed by atoms with Crippen molar-refractivity contribution in [1.29, 1.82) is 0 Å². The standard InChI is InChI=1S/C25H21ClN2O2S/c1-16(30-22-14-10-19(11-15-22)18-6-4-3-5-7-18)24(29)28-25-27-23(17(2)31-25)20-8-12-21(26)13-9-20/h3-16H,1-2H3,(H,27,28,29). The molecule has 3 aromatic carbocycles. The van der Waals surface area contributed by atoms with Crippen LogP contribution in [0.1, 0.15) is 11.8 Å². The van der Waals surface area contributed by atoms with Crippen molar-refractivity contribution < 1.29 is 9.53 Å². The van der Waals surface area contributed by atoms with Crippen LogP contribution < -0.4 is 10.1 Å². The molecule has 4 aromatic rings. The Morgan fingerprint density at radius 2 is 1.55 bits per heavy atom. The number of carbonyl (C=O) groups is 1. The quantitative estimate of drug-likeness (QED) is 0.351. The molecule has 0 aliphatic carbocycles. The number of carbonyl (C=O) groups excluding carboxylic acids is 1. The van der Waals surface area contributed by atoms with Crippen LogP contribution in [-0.4, -0.2) is 17.0 Å². The third-order valence-electron chi connectivity index (χ3n) is 4.79. The zero-order valence-corrected chi connectivity index (χ0v) is 18.7. The number of nitrogens with one attached hydrogen (secondary N) is 1. The van der Waals surface area contributed by atoms with Gasteiger partial charge in [-0.15, -0.1) is 11.3 Å². The molecule has 4 nitrogen and oxygen atoms in total. The molecular weight excluding hydrogens is 428 g/mol. The molecule has 156 valence electrons. The maximum Gasteiger partial charge on any atom is 0.266 e. The predicted molar refractivity (Wildman–Crippen MR) is 128 cm³/mol. The predicted octanol–water partition coefficient (Wildman–Crippen LogP) is 6.84. The van der Waals surface area contributed by atoms with Crippen LogP contribution in [0.2, 0.25) is 5.02 Å². The average molecular weight is 449 g/mol. The van der Waals surface area contributed by atoms with Gasteiger partial charge in [-0.05, 0) is 49.2 Å². The van der Waals surface area contributed by atoms with E-state index in [1.165, 1.54) is 11.3 Å². The third kappa shape index (κ3) is 5.13. The van der Waals surface area contributed by atoms with Crippen LogP contribution in [0.3, 0.4) is 0 Å². The van der Waals surface area contributed by atoms with Crippen LogP contribution in [0.15, 0.2) is 78.9 Å². The van der Waals surface area contributed by atoms with Gasteiger partial charge in [0.2, 0.25) is 0 Å². The van der Waals surface area contributed by atoms with E-state index in [0.29, 0.717) is 15.9 Å². The number of nitrogens with zero attached hydrogens (tertiary/aromatic N) is 1. The number of benzene rings is 3. The van der Waals surface area contributed by atoms with Crippen LogP contribution in [0, 0.1) is 6.92 Å². The van der Waals surface area contributed by atoms with E-state index in [9.17, 15) is 4.79 Å². The Morgan fingerprint density at radius 3 is 2.23 bits per heavy atom. The molecule has 0 spiro atoms. The Labute approximate surface area is 190 Å². The summed E-state index contributed by atoms with van der Waals surface area (Å²) in [5.41, 5.74) is 4.03. The summed E-state index contributed by atoms with van der Waals surface area (Å²) in [6.45, 7) is 3.70. The zero-order chi connectivity index (χ0) is 21.8. The van der Waals surface area contributed by atoms with Crippen molar-refractivity contribution in [2.75, 3.05) is 5.32 Å². The van der Waals surface area contributed by atoms with Gasteiger partial charge in [-0.3, -0.25) is 10.1 Å². The van der Waals surface area contributed by atoms with E-state index in [-0.39, 0.29) is 5.91 Å². The summed E-state index contributed by atoms with van der Waals surface area (Å²) in [5.74, 6) is 0.392. The molecule has 1 atom stereocenters. The largest absolute Gasteiger partial charge is 0.481 e. The molecular formula is C25H21ClN2O2S. The first-order valence-corrected chi connectivity index (χ1v) is 11.1. The molecule has 0 saturated carbocycles. The maximum atomic E-state index is 12.6. The lowest BCUT2D eigenvalue weighted by atomic mass is 10.1. The van der Waals surface area contributed by atoms with Crippen LogP contribution in [0.5, 0.6) is 5.75 Å². The first kappa shape index (κ1) is 21.1. The number of thiazole rings is 1. The van der Waals surface area contributed by atoms with Crippen molar-refractivity contribution in [3.05, 3.63) is 88.8 Å². The molecule has 0 bridgehead atoms. The Bertz CT molecular complexity index is 1170. The van der Waals surface area contributed by atoms with Gasteiger partial charge in [0, 0.05) is 15.5 Å². The van der Waals surface area contributed by atoms with E-state index >= 15 is 0 Å². The summed E-state index contributed by atoms with van der Waals surface area (Å²) in [6.07, 6.45) is -0.661. The molecule has 1 heterocycles. The Morgan fingerprint density at radius 1 is 0.935 bits per heavy atom. The molecule has 0 radical (unpaired) electrons. The first-order valence-electron chi connectivity index (χ1n) is 9.86. The van der Waals surface area contributed by atoms with Gasteiger partial charge in [-0.1, -0.05) is 66.2 Å². The Kier molecular flexibility index (Phi) is 6.35. The van der Waals surface area contributed by atoms with Crippen molar-refractivity contribution in [2.24, 2.45) is 0 Å². The molecule has 1 amide bonds. The molecule has 0 aliphatic rings. The number of rotatable bonds is 6. The third-order valence-corrected chi connectivity index (χ3v) is 5.93. The highest BCUT2D eigenvalue weighted by molar-refractivity contribution is 7.16. The van der Waals surface area contributed by atoms with E-state index in [0.717, 1.165) is 27.3 Å². The minimum atomic E-state index is -0.661. The van der Waals surface area contributed by atoms with E-state index in [2.05, 4.69) is 22.4 Å². The van der Waals surface area contributed by atoms with Crippen molar-refractivity contribution in [1.82, 2.24) is 4.98 Å². The molecule has 0 fully saturated rings. The van der Waals surface area contributed by atoms with Gasteiger partial charge in [0.1, 0.15) is 5.75 Å². The van der Waals surface area contributed by atoms with Crippen LogP contribution in [-0.2, 0) is 4.79 Å². The lowest BCUT2D eigenvalue weighted by Crippen LogP contribution is -2.30. The fraction of sp³-hybridized carbons (Fsp3) is 0.120. The smallest absolute Gasteiger partial charge is 0.266 e. The van der Waals surface area contributed by atoms with Crippen molar-refractivity contribution >= 4 is 34.0 Å². The lowest BCUT2D eigenvalue weighted by Gasteiger charge is -2.14. The minimum Gasteiger partial charge on any atom is -0.481 e. The van der Waals surface area contributed by atoms with E-state index in [1.54, 1.807) is 6.92 Å². The van der Waals surface area contributed by atoms with Crippen molar-refractivity contribution in [3.63, 3.8) is 0 Å². The highest BCUT2D eigenvalue weighted by Crippen LogP contribution is 2.31. The second-order valence-corrected chi connectivity index (χ2v) is 8.71. The lowest BCUT2D eigenvalue weighted by molar-refractivity contribution is -0.122. The summed E-state index contributed by atoms with van der Waals surface area (Å²) >= 11 is 7.40. The number of aromatic nitrogens is 1. The van der Waals surface area contributed by atoms with E-state index in [1.807, 2.05) is 73.7 Å². The molecule has 31 heavy (non-hydrogen) atoms. The highest BCUT2D eigenvalue weighted by atomic mass is 35.5. The average Bonchev–Trinajstić information content (AvgIpc) is 3.15. The molecule has 0 aliphatic heterocycles. The molecule has 4 rings (SSSR count). The summed E-state index contributed by atoms with van der Waals surface area (Å²) < 4.78 is 5.82. The van der Waals surface area contributed by atoms with Crippen LogP contribution in [0.25, 0.3) is 22.4 Å². The number of aryl methyl sites for hydroxylation is 1. The van der Waals surface area contributed by atoms with Crippen LogP contribution >= 0.6 is 22.9 Å². The molecule has 1 N–H and O–H groups in total. The maximum absolute atomic E-state index is 12.6. The second kappa shape index (κ2) is 9.33. The molecule has 1 aromatic heterocycles. The fourth-order valence-electron chi connectivity index (χ4n) is 3.15. The minimum absolute atomic E-state index is 0.247. The molecule has 6 heteroatoms. The van der Waals surface area contributed by atoms with Gasteiger partial charge in [0.15, 0.2) is 11.2 Å². The van der Waals surface area contributed by atoms with E-state index in [4.69, 9.17) is 16.3 Å². The van der Waals surface area contributed by atoms with Gasteiger partial charge in [0.25, 0.3) is 5.91 Å². The number of anilines is 1. The number of halogens is 1. The number of hydrogen-bond acceptors (Lipinski definition) is 4. The number of hydrogen-bond donors (Lipinski definition) is 1. The monoisotopic (exact) mass is 448 g/mol. The normalized spacial score (nSPS) is 11.7.